The van der Waals surface area contributed by atoms with Gasteiger partial charge in [0, 0.05) is 30.9 Å². The topological polar surface area (TPSA) is 42.0 Å². The van der Waals surface area contributed by atoms with Crippen molar-refractivity contribution in [3.05, 3.63) is 108 Å². The van der Waals surface area contributed by atoms with E-state index in [1.807, 2.05) is 12.1 Å². The van der Waals surface area contributed by atoms with Crippen LogP contribution in [0.3, 0.4) is 0 Å². The largest absolute Gasteiger partial charge is 0.353 e. The predicted molar refractivity (Wildman–Crippen MR) is 129 cm³/mol. The van der Waals surface area contributed by atoms with Crippen molar-refractivity contribution < 1.29 is 4.79 Å². The van der Waals surface area contributed by atoms with Crippen LogP contribution in [-0.2, 0) is 4.79 Å². The minimum absolute atomic E-state index is 0.0441. The number of hydrogen-bond donors (Lipinski definition) is 1. The quantitative estimate of drug-likeness (QED) is 0.277. The minimum Gasteiger partial charge on any atom is -0.353 e. The molecule has 2 aromatic carbocycles. The summed E-state index contributed by atoms with van der Waals surface area (Å²) < 4.78 is 0. The van der Waals surface area contributed by atoms with E-state index >= 15 is 0 Å². The van der Waals surface area contributed by atoms with Gasteiger partial charge in [-0.25, -0.2) is 0 Å². The van der Waals surface area contributed by atoms with Gasteiger partial charge in [-0.05, 0) is 41.7 Å². The fraction of sp³-hybridized carbons (Fsp3) is 0.286. The zero-order chi connectivity index (χ0) is 21.6. The lowest BCUT2D eigenvalue weighted by Crippen LogP contribution is -2.21. The van der Waals surface area contributed by atoms with E-state index in [1.54, 1.807) is 24.5 Å². The number of nitrogens with one attached hydrogen (secondary N) is 1. The fourth-order valence-electron chi connectivity index (χ4n) is 3.82. The Morgan fingerprint density at radius 1 is 0.806 bits per heavy atom. The molecule has 0 bridgehead atoms. The van der Waals surface area contributed by atoms with Gasteiger partial charge in [0.2, 0.25) is 5.91 Å². The minimum atomic E-state index is -0.0441. The molecular weight excluding hydrogens is 380 g/mol. The lowest BCUT2D eigenvalue weighted by atomic mass is 9.87. The highest BCUT2D eigenvalue weighted by Crippen LogP contribution is 2.29. The second kappa shape index (κ2) is 13.2. The van der Waals surface area contributed by atoms with Crippen LogP contribution in [0.15, 0.2) is 91.3 Å². The summed E-state index contributed by atoms with van der Waals surface area (Å²) in [6, 6.07) is 25.4. The molecule has 0 aliphatic heterocycles. The van der Waals surface area contributed by atoms with Gasteiger partial charge < -0.3 is 5.32 Å². The van der Waals surface area contributed by atoms with E-state index in [4.69, 9.17) is 0 Å². The highest BCUT2D eigenvalue weighted by atomic mass is 16.1. The van der Waals surface area contributed by atoms with Crippen molar-refractivity contribution in [2.45, 2.75) is 44.4 Å². The second-order valence-corrected chi connectivity index (χ2v) is 7.84. The van der Waals surface area contributed by atoms with Crippen molar-refractivity contribution in [1.82, 2.24) is 10.3 Å². The van der Waals surface area contributed by atoms with Gasteiger partial charge in [0.1, 0.15) is 0 Å². The van der Waals surface area contributed by atoms with Crippen LogP contribution in [0.1, 0.15) is 61.1 Å². The maximum absolute atomic E-state index is 11.9. The van der Waals surface area contributed by atoms with Gasteiger partial charge in [-0.2, -0.15) is 0 Å². The number of carbonyl (C=O) groups excluding carboxylic acids is 1. The molecule has 3 aromatic rings. The zero-order valence-corrected chi connectivity index (χ0v) is 18.1. The highest BCUT2D eigenvalue weighted by Gasteiger charge is 2.13. The number of rotatable bonds is 12. The van der Waals surface area contributed by atoms with E-state index in [0.29, 0.717) is 5.92 Å². The van der Waals surface area contributed by atoms with Crippen LogP contribution in [0, 0.1) is 0 Å². The van der Waals surface area contributed by atoms with Gasteiger partial charge in [0.25, 0.3) is 0 Å². The molecule has 3 rings (SSSR count). The van der Waals surface area contributed by atoms with Crippen molar-refractivity contribution >= 4 is 12.0 Å². The third-order valence-corrected chi connectivity index (χ3v) is 5.48. The van der Waals surface area contributed by atoms with E-state index in [0.717, 1.165) is 24.9 Å². The maximum Gasteiger partial charge on any atom is 0.243 e. The molecule has 0 saturated heterocycles. The smallest absolute Gasteiger partial charge is 0.243 e. The Morgan fingerprint density at radius 3 is 2.10 bits per heavy atom. The van der Waals surface area contributed by atoms with Crippen molar-refractivity contribution in [1.29, 1.82) is 0 Å². The molecule has 31 heavy (non-hydrogen) atoms. The standard InChI is InChI=1S/C28H32N2O/c31-28(20-19-24-13-12-21-29-23-24)30-22-11-3-1-2-10-18-27(25-14-6-4-7-15-25)26-16-8-5-9-17-26/h4-9,12-17,19-21,23,27H,1-3,10-11,18,22H2,(H,30,31)/b20-19-. The molecule has 3 heteroatoms. The lowest BCUT2D eigenvalue weighted by Gasteiger charge is -2.18. The summed E-state index contributed by atoms with van der Waals surface area (Å²) in [5, 5.41) is 2.96. The Hall–Kier alpha value is -3.20. The van der Waals surface area contributed by atoms with E-state index in [1.165, 1.54) is 36.8 Å². The molecule has 1 aromatic heterocycles. The first kappa shape index (κ1) is 22.5. The predicted octanol–water partition coefficient (Wildman–Crippen LogP) is 6.38. The molecule has 0 aliphatic rings. The average molecular weight is 413 g/mol. The van der Waals surface area contributed by atoms with Crippen LogP contribution >= 0.6 is 0 Å². The summed E-state index contributed by atoms with van der Waals surface area (Å²) in [7, 11) is 0. The number of hydrogen-bond acceptors (Lipinski definition) is 2. The first-order valence-corrected chi connectivity index (χ1v) is 11.3. The Kier molecular flexibility index (Phi) is 9.55. The number of benzene rings is 2. The molecule has 0 spiro atoms. The molecule has 0 fully saturated rings. The second-order valence-electron chi connectivity index (χ2n) is 7.84. The Balaban J connectivity index is 1.31. The Labute approximate surface area is 186 Å². The van der Waals surface area contributed by atoms with Gasteiger partial charge in [-0.3, -0.25) is 9.78 Å². The highest BCUT2D eigenvalue weighted by molar-refractivity contribution is 5.91. The van der Waals surface area contributed by atoms with Crippen LogP contribution in [0.2, 0.25) is 0 Å². The number of carbonyl (C=O) groups is 1. The summed E-state index contributed by atoms with van der Waals surface area (Å²) in [6.45, 7) is 0.729. The van der Waals surface area contributed by atoms with Gasteiger partial charge in [0.05, 0.1) is 0 Å². The van der Waals surface area contributed by atoms with E-state index < -0.39 is 0 Å². The van der Waals surface area contributed by atoms with Crippen LogP contribution in [0.25, 0.3) is 6.08 Å². The summed E-state index contributed by atoms with van der Waals surface area (Å²) >= 11 is 0. The molecule has 0 atom stereocenters. The number of nitrogens with zero attached hydrogens (tertiary/aromatic N) is 1. The third kappa shape index (κ3) is 8.21. The number of aromatic nitrogens is 1. The van der Waals surface area contributed by atoms with Gasteiger partial charge in [0.15, 0.2) is 0 Å². The van der Waals surface area contributed by atoms with Crippen molar-refractivity contribution in [3.63, 3.8) is 0 Å². The van der Waals surface area contributed by atoms with E-state index in [-0.39, 0.29) is 5.91 Å². The molecule has 160 valence electrons. The SMILES string of the molecule is O=C(/C=C\c1cccnc1)NCCCCCCCC(c1ccccc1)c1ccccc1. The molecule has 3 nitrogen and oxygen atoms in total. The van der Waals surface area contributed by atoms with E-state index in [9.17, 15) is 4.79 Å². The molecule has 1 N–H and O–H groups in total. The summed E-state index contributed by atoms with van der Waals surface area (Å²) in [5.41, 5.74) is 3.73. The van der Waals surface area contributed by atoms with Crippen molar-refractivity contribution in [2.75, 3.05) is 6.54 Å². The number of amides is 1. The maximum atomic E-state index is 11.9. The van der Waals surface area contributed by atoms with E-state index in [2.05, 4.69) is 71.0 Å². The molecule has 1 amide bonds. The first-order chi connectivity index (χ1) is 15.3. The zero-order valence-electron chi connectivity index (χ0n) is 18.1. The Bertz CT molecular complexity index is 868. The summed E-state index contributed by atoms with van der Waals surface area (Å²) in [6.07, 6.45) is 13.8. The average Bonchev–Trinajstić information content (AvgIpc) is 2.83. The number of unbranched alkanes of at least 4 members (excludes halogenated alkanes) is 4. The van der Waals surface area contributed by atoms with Crippen molar-refractivity contribution in [2.24, 2.45) is 0 Å². The summed E-state index contributed by atoms with van der Waals surface area (Å²) in [4.78, 5) is 15.9. The first-order valence-electron chi connectivity index (χ1n) is 11.3. The molecular formula is C28H32N2O. The molecule has 0 unspecified atom stereocenters. The van der Waals surface area contributed by atoms with Gasteiger partial charge in [-0.15, -0.1) is 0 Å². The molecule has 0 radical (unpaired) electrons. The number of pyridine rings is 1. The normalized spacial score (nSPS) is 11.1. The Morgan fingerprint density at radius 2 is 1.45 bits per heavy atom. The fourth-order valence-corrected chi connectivity index (χ4v) is 3.82. The molecule has 0 saturated carbocycles. The van der Waals surface area contributed by atoms with Crippen molar-refractivity contribution in [3.8, 4) is 0 Å². The lowest BCUT2D eigenvalue weighted by molar-refractivity contribution is -0.116. The van der Waals surface area contributed by atoms with Crippen LogP contribution in [-0.4, -0.2) is 17.4 Å². The van der Waals surface area contributed by atoms with Crippen LogP contribution in [0.5, 0.6) is 0 Å². The molecule has 0 aliphatic carbocycles. The molecule has 1 heterocycles. The van der Waals surface area contributed by atoms with Crippen LogP contribution in [0.4, 0.5) is 0 Å². The third-order valence-electron chi connectivity index (χ3n) is 5.48. The monoisotopic (exact) mass is 412 g/mol. The van der Waals surface area contributed by atoms with Gasteiger partial charge in [-0.1, -0.05) is 92.4 Å². The summed E-state index contributed by atoms with van der Waals surface area (Å²) in [5.74, 6) is 0.422. The van der Waals surface area contributed by atoms with Crippen LogP contribution < -0.4 is 5.32 Å². The van der Waals surface area contributed by atoms with Gasteiger partial charge >= 0.3 is 0 Å².